The van der Waals surface area contributed by atoms with Crippen molar-refractivity contribution < 1.29 is 9.59 Å². The van der Waals surface area contributed by atoms with Gasteiger partial charge in [-0.05, 0) is 12.1 Å². The van der Waals surface area contributed by atoms with Crippen LogP contribution in [-0.2, 0) is 0 Å². The van der Waals surface area contributed by atoms with Crippen LogP contribution in [0.2, 0.25) is 0 Å². The third kappa shape index (κ3) is 1.52. The van der Waals surface area contributed by atoms with E-state index in [4.69, 9.17) is 0 Å². The largest absolute Gasteiger partial charge is 0.294 e. The van der Waals surface area contributed by atoms with Crippen molar-refractivity contribution in [2.24, 2.45) is 0 Å². The first kappa shape index (κ1) is 10.4. The standard InChI is InChI=1S/C12H10O2S2/c13-8-3-6-16-12-7(8)1-2-10-11(12)9(14)4-5-15-10/h1-2H,3-6H2. The predicted molar refractivity (Wildman–Crippen MR) is 65.8 cm³/mol. The second-order valence-corrected chi connectivity index (χ2v) is 6.10. The molecule has 0 radical (unpaired) electrons. The first-order chi connectivity index (χ1) is 7.77. The minimum absolute atomic E-state index is 0.180. The van der Waals surface area contributed by atoms with Gasteiger partial charge >= 0.3 is 0 Å². The van der Waals surface area contributed by atoms with Gasteiger partial charge in [-0.25, -0.2) is 0 Å². The van der Waals surface area contributed by atoms with Gasteiger partial charge in [-0.15, -0.1) is 23.5 Å². The van der Waals surface area contributed by atoms with Crippen molar-refractivity contribution in [1.82, 2.24) is 0 Å². The van der Waals surface area contributed by atoms with Crippen LogP contribution in [0.1, 0.15) is 33.6 Å². The van der Waals surface area contributed by atoms with E-state index in [9.17, 15) is 9.59 Å². The number of ketones is 2. The molecule has 0 spiro atoms. The van der Waals surface area contributed by atoms with Crippen LogP contribution in [0.25, 0.3) is 0 Å². The summed E-state index contributed by atoms with van der Waals surface area (Å²) in [5.41, 5.74) is 1.57. The maximum absolute atomic E-state index is 11.9. The topological polar surface area (TPSA) is 34.1 Å². The van der Waals surface area contributed by atoms with E-state index in [1.807, 2.05) is 12.1 Å². The van der Waals surface area contributed by atoms with Crippen molar-refractivity contribution in [2.75, 3.05) is 11.5 Å². The van der Waals surface area contributed by atoms with E-state index in [1.165, 1.54) is 0 Å². The number of benzene rings is 1. The summed E-state index contributed by atoms with van der Waals surface area (Å²) >= 11 is 3.38. The number of carbonyl (C=O) groups excluding carboxylic acids is 2. The summed E-state index contributed by atoms with van der Waals surface area (Å²) in [4.78, 5) is 25.7. The number of rotatable bonds is 0. The molecule has 2 heterocycles. The summed E-state index contributed by atoms with van der Waals surface area (Å²) in [6.45, 7) is 0. The van der Waals surface area contributed by atoms with Crippen molar-refractivity contribution in [3.63, 3.8) is 0 Å². The van der Waals surface area contributed by atoms with Crippen LogP contribution in [0.4, 0.5) is 0 Å². The molecule has 3 rings (SSSR count). The lowest BCUT2D eigenvalue weighted by molar-refractivity contribution is 0.0979. The molecule has 1 aromatic carbocycles. The summed E-state index contributed by atoms with van der Waals surface area (Å²) in [5, 5.41) is 0. The number of hydrogen-bond donors (Lipinski definition) is 0. The summed E-state index contributed by atoms with van der Waals surface area (Å²) in [6, 6.07) is 3.81. The number of carbonyl (C=O) groups is 2. The highest BCUT2D eigenvalue weighted by atomic mass is 32.2. The summed E-state index contributed by atoms with van der Waals surface area (Å²) in [7, 11) is 0. The molecule has 0 atom stereocenters. The number of hydrogen-bond acceptors (Lipinski definition) is 4. The first-order valence-electron chi connectivity index (χ1n) is 5.26. The highest BCUT2D eigenvalue weighted by Gasteiger charge is 2.27. The fourth-order valence-electron chi connectivity index (χ4n) is 2.08. The molecule has 0 fully saturated rings. The lowest BCUT2D eigenvalue weighted by Crippen LogP contribution is -2.16. The molecule has 2 nitrogen and oxygen atoms in total. The zero-order chi connectivity index (χ0) is 11.1. The van der Waals surface area contributed by atoms with Gasteiger partial charge < -0.3 is 0 Å². The fraction of sp³-hybridized carbons (Fsp3) is 0.333. The van der Waals surface area contributed by atoms with E-state index in [0.717, 1.165) is 32.4 Å². The quantitative estimate of drug-likeness (QED) is 0.708. The number of thioether (sulfide) groups is 2. The average Bonchev–Trinajstić information content (AvgIpc) is 2.29. The molecule has 0 amide bonds. The lowest BCUT2D eigenvalue weighted by atomic mass is 10.0. The van der Waals surface area contributed by atoms with Crippen molar-refractivity contribution in [3.05, 3.63) is 23.3 Å². The Morgan fingerprint density at radius 2 is 1.69 bits per heavy atom. The van der Waals surface area contributed by atoms with Gasteiger partial charge in [0.15, 0.2) is 11.6 Å². The molecule has 0 N–H and O–H groups in total. The van der Waals surface area contributed by atoms with Gasteiger partial charge in [-0.3, -0.25) is 9.59 Å². The van der Waals surface area contributed by atoms with Crippen LogP contribution in [0.3, 0.4) is 0 Å². The fourth-order valence-corrected chi connectivity index (χ4v) is 4.37. The zero-order valence-corrected chi connectivity index (χ0v) is 10.2. The lowest BCUT2D eigenvalue weighted by Gasteiger charge is -2.22. The minimum Gasteiger partial charge on any atom is -0.294 e. The van der Waals surface area contributed by atoms with Gasteiger partial charge in [0, 0.05) is 45.3 Å². The summed E-state index contributed by atoms with van der Waals surface area (Å²) < 4.78 is 0. The van der Waals surface area contributed by atoms with Gasteiger partial charge in [0.2, 0.25) is 0 Å². The molecule has 82 valence electrons. The molecule has 0 saturated heterocycles. The molecule has 2 aliphatic heterocycles. The van der Waals surface area contributed by atoms with Crippen LogP contribution in [0, 0.1) is 0 Å². The first-order valence-corrected chi connectivity index (χ1v) is 7.23. The Kier molecular flexibility index (Phi) is 2.56. The van der Waals surface area contributed by atoms with E-state index in [2.05, 4.69) is 0 Å². The van der Waals surface area contributed by atoms with Crippen LogP contribution < -0.4 is 0 Å². The molecule has 16 heavy (non-hydrogen) atoms. The summed E-state index contributed by atoms with van der Waals surface area (Å²) in [5.74, 6) is 2.05. The van der Waals surface area contributed by atoms with Crippen LogP contribution >= 0.6 is 23.5 Å². The Morgan fingerprint density at radius 3 is 2.56 bits per heavy atom. The molecular weight excluding hydrogens is 240 g/mol. The number of fused-ring (bicyclic) bond motifs is 3. The monoisotopic (exact) mass is 250 g/mol. The molecular formula is C12H10O2S2. The molecule has 0 aliphatic carbocycles. The second kappa shape index (κ2) is 3.93. The predicted octanol–water partition coefficient (Wildman–Crippen LogP) is 3.04. The van der Waals surface area contributed by atoms with E-state index in [1.54, 1.807) is 23.5 Å². The SMILES string of the molecule is O=C1CCSc2c1ccc1c2C(=O)CCS1. The molecule has 0 bridgehead atoms. The van der Waals surface area contributed by atoms with Crippen LogP contribution in [0.5, 0.6) is 0 Å². The van der Waals surface area contributed by atoms with Gasteiger partial charge in [0.05, 0.1) is 0 Å². The maximum Gasteiger partial charge on any atom is 0.165 e. The highest BCUT2D eigenvalue weighted by Crippen LogP contribution is 2.41. The Hall–Kier alpha value is -0.740. The van der Waals surface area contributed by atoms with Crippen molar-refractivity contribution in [1.29, 1.82) is 0 Å². The maximum atomic E-state index is 11.9. The smallest absolute Gasteiger partial charge is 0.165 e. The molecule has 0 aromatic heterocycles. The molecule has 4 heteroatoms. The molecule has 1 aromatic rings. The Bertz CT molecular complexity index is 494. The van der Waals surface area contributed by atoms with Crippen LogP contribution in [-0.4, -0.2) is 23.1 Å². The second-order valence-electron chi connectivity index (χ2n) is 3.86. The van der Waals surface area contributed by atoms with Crippen molar-refractivity contribution >= 4 is 35.1 Å². The molecule has 0 unspecified atom stereocenters. The van der Waals surface area contributed by atoms with Crippen molar-refractivity contribution in [2.45, 2.75) is 22.6 Å². The Balaban J connectivity index is 2.24. The van der Waals surface area contributed by atoms with E-state index in [-0.39, 0.29) is 11.6 Å². The van der Waals surface area contributed by atoms with E-state index >= 15 is 0 Å². The van der Waals surface area contributed by atoms with Gasteiger partial charge in [-0.2, -0.15) is 0 Å². The van der Waals surface area contributed by atoms with Gasteiger partial charge in [0.1, 0.15) is 0 Å². The van der Waals surface area contributed by atoms with Gasteiger partial charge in [-0.1, -0.05) is 0 Å². The summed E-state index contributed by atoms with van der Waals surface area (Å²) in [6.07, 6.45) is 1.20. The third-order valence-electron chi connectivity index (χ3n) is 2.86. The minimum atomic E-state index is 0.180. The number of Topliss-reactive ketones (excluding diaryl/α,β-unsaturated/α-hetero) is 2. The third-order valence-corrected chi connectivity index (χ3v) is 5.04. The van der Waals surface area contributed by atoms with Crippen LogP contribution in [0.15, 0.2) is 21.9 Å². The van der Waals surface area contributed by atoms with E-state index in [0.29, 0.717) is 12.8 Å². The Morgan fingerprint density at radius 1 is 0.938 bits per heavy atom. The normalized spacial score (nSPS) is 19.2. The zero-order valence-electron chi connectivity index (χ0n) is 8.62. The average molecular weight is 250 g/mol. The molecule has 2 aliphatic rings. The highest BCUT2D eigenvalue weighted by molar-refractivity contribution is 8.00. The van der Waals surface area contributed by atoms with Gasteiger partial charge in [0.25, 0.3) is 0 Å². The molecule has 0 saturated carbocycles. The Labute approximate surface area is 102 Å². The van der Waals surface area contributed by atoms with Crippen molar-refractivity contribution in [3.8, 4) is 0 Å². The van der Waals surface area contributed by atoms with E-state index < -0.39 is 0 Å².